The minimum Gasteiger partial charge on any atom is -0.480 e. The summed E-state index contributed by atoms with van der Waals surface area (Å²) < 4.78 is 0. The zero-order valence-corrected chi connectivity index (χ0v) is 9.92. The fourth-order valence-electron chi connectivity index (χ4n) is 1.99. The van der Waals surface area contributed by atoms with E-state index < -0.39 is 5.97 Å². The van der Waals surface area contributed by atoms with Gasteiger partial charge in [0.1, 0.15) is 0 Å². The molecule has 1 fully saturated rings. The second-order valence-corrected chi connectivity index (χ2v) is 5.21. The highest BCUT2D eigenvalue weighted by molar-refractivity contribution is 5.69. The molecule has 0 saturated carbocycles. The number of carboxylic acids is 1. The first-order valence-electron chi connectivity index (χ1n) is 5.60. The monoisotopic (exact) mass is 214 g/mol. The van der Waals surface area contributed by atoms with Crippen LogP contribution in [0.25, 0.3) is 0 Å². The van der Waals surface area contributed by atoms with Crippen LogP contribution in [-0.2, 0) is 4.79 Å². The first-order chi connectivity index (χ1) is 6.89. The summed E-state index contributed by atoms with van der Waals surface area (Å²) in [7, 11) is 0. The molecule has 0 radical (unpaired) electrons. The molecule has 1 heterocycles. The van der Waals surface area contributed by atoms with Crippen molar-refractivity contribution < 1.29 is 9.90 Å². The van der Waals surface area contributed by atoms with Crippen LogP contribution in [0.2, 0.25) is 0 Å². The second-order valence-electron chi connectivity index (χ2n) is 5.21. The maximum atomic E-state index is 10.4. The predicted molar refractivity (Wildman–Crippen MR) is 60.0 cm³/mol. The van der Waals surface area contributed by atoms with E-state index in [4.69, 9.17) is 5.11 Å². The molecule has 88 valence electrons. The summed E-state index contributed by atoms with van der Waals surface area (Å²) in [6, 6.07) is 0.375. The largest absolute Gasteiger partial charge is 0.480 e. The Kier molecular flexibility index (Phi) is 4.11. The van der Waals surface area contributed by atoms with Gasteiger partial charge in [-0.1, -0.05) is 0 Å². The third kappa shape index (κ3) is 4.18. The van der Waals surface area contributed by atoms with E-state index in [1.54, 1.807) is 0 Å². The average molecular weight is 214 g/mol. The first kappa shape index (κ1) is 12.5. The Morgan fingerprint density at radius 3 is 2.33 bits per heavy atom. The molecule has 2 N–H and O–H groups in total. The fraction of sp³-hybridized carbons (Fsp3) is 0.909. The molecule has 0 aromatic rings. The van der Waals surface area contributed by atoms with Gasteiger partial charge in [-0.2, -0.15) is 0 Å². The molecule has 0 atom stereocenters. The fourth-order valence-corrected chi connectivity index (χ4v) is 1.99. The minimum atomic E-state index is -0.770. The summed E-state index contributed by atoms with van der Waals surface area (Å²) in [6.45, 7) is 8.86. The maximum absolute atomic E-state index is 10.4. The van der Waals surface area contributed by atoms with Gasteiger partial charge in [-0.05, 0) is 33.6 Å². The van der Waals surface area contributed by atoms with E-state index in [2.05, 4.69) is 31.0 Å². The zero-order chi connectivity index (χ0) is 11.5. The first-order valence-corrected chi connectivity index (χ1v) is 5.60. The van der Waals surface area contributed by atoms with Gasteiger partial charge in [-0.3, -0.25) is 9.69 Å². The van der Waals surface area contributed by atoms with Gasteiger partial charge in [0.05, 0.1) is 6.54 Å². The Hall–Kier alpha value is -0.610. The van der Waals surface area contributed by atoms with Crippen molar-refractivity contribution in [1.29, 1.82) is 0 Å². The highest BCUT2D eigenvalue weighted by atomic mass is 16.4. The summed E-state index contributed by atoms with van der Waals surface area (Å²) >= 11 is 0. The Labute approximate surface area is 91.6 Å². The van der Waals surface area contributed by atoms with Gasteiger partial charge in [0.15, 0.2) is 0 Å². The van der Waals surface area contributed by atoms with Crippen molar-refractivity contribution in [2.45, 2.75) is 45.2 Å². The molecule has 1 saturated heterocycles. The molecule has 0 amide bonds. The van der Waals surface area contributed by atoms with Gasteiger partial charge < -0.3 is 10.4 Å². The smallest absolute Gasteiger partial charge is 0.317 e. The van der Waals surface area contributed by atoms with Crippen LogP contribution in [0.5, 0.6) is 0 Å². The number of hydrogen-bond acceptors (Lipinski definition) is 3. The Bertz CT molecular complexity index is 215. The number of rotatable bonds is 3. The maximum Gasteiger partial charge on any atom is 0.317 e. The number of nitrogens with one attached hydrogen (secondary N) is 1. The zero-order valence-electron chi connectivity index (χ0n) is 9.92. The van der Waals surface area contributed by atoms with Crippen LogP contribution in [-0.4, -0.2) is 47.2 Å². The van der Waals surface area contributed by atoms with Crippen molar-refractivity contribution in [3.63, 3.8) is 0 Å². The predicted octanol–water partition coefficient (Wildman–Crippen LogP) is 0.923. The van der Waals surface area contributed by atoms with Gasteiger partial charge >= 0.3 is 5.97 Å². The lowest BCUT2D eigenvalue weighted by molar-refractivity contribution is -0.136. The second kappa shape index (κ2) is 4.94. The molecule has 15 heavy (non-hydrogen) atoms. The number of likely N-dealkylation sites (tertiary alicyclic amines) is 1. The number of carbonyl (C=O) groups is 1. The molecule has 0 aromatic carbocycles. The van der Waals surface area contributed by atoms with Gasteiger partial charge in [0, 0.05) is 24.7 Å². The van der Waals surface area contributed by atoms with Crippen molar-refractivity contribution in [1.82, 2.24) is 10.2 Å². The molecule has 1 aliphatic heterocycles. The van der Waals surface area contributed by atoms with E-state index in [1.807, 2.05) is 0 Å². The number of carboxylic acid groups (broad SMARTS) is 1. The van der Waals surface area contributed by atoms with E-state index in [0.29, 0.717) is 6.04 Å². The third-order valence-corrected chi connectivity index (χ3v) is 2.99. The van der Waals surface area contributed by atoms with Crippen molar-refractivity contribution >= 4 is 5.97 Å². The van der Waals surface area contributed by atoms with Crippen LogP contribution in [0, 0.1) is 0 Å². The summed E-state index contributed by atoms with van der Waals surface area (Å²) in [5.74, 6) is -0.770. The SMILES string of the molecule is CC(C)(C)N1CCC(NCC(=O)O)CC1. The van der Waals surface area contributed by atoms with Crippen LogP contribution in [0.3, 0.4) is 0 Å². The highest BCUT2D eigenvalue weighted by Crippen LogP contribution is 2.19. The molecule has 0 spiro atoms. The van der Waals surface area contributed by atoms with Crippen molar-refractivity contribution in [2.75, 3.05) is 19.6 Å². The molecule has 1 rings (SSSR count). The van der Waals surface area contributed by atoms with E-state index in [-0.39, 0.29) is 12.1 Å². The van der Waals surface area contributed by atoms with Crippen LogP contribution in [0.15, 0.2) is 0 Å². The lowest BCUT2D eigenvalue weighted by Gasteiger charge is -2.41. The van der Waals surface area contributed by atoms with E-state index in [9.17, 15) is 4.79 Å². The average Bonchev–Trinajstić information content (AvgIpc) is 2.14. The Morgan fingerprint density at radius 2 is 1.93 bits per heavy atom. The van der Waals surface area contributed by atoms with Crippen LogP contribution in [0.1, 0.15) is 33.6 Å². The lowest BCUT2D eigenvalue weighted by atomic mass is 9.98. The van der Waals surface area contributed by atoms with Gasteiger partial charge in [0.2, 0.25) is 0 Å². The van der Waals surface area contributed by atoms with Gasteiger partial charge in [0.25, 0.3) is 0 Å². The Balaban J connectivity index is 2.27. The molecule has 0 aliphatic carbocycles. The summed E-state index contributed by atoms with van der Waals surface area (Å²) in [5.41, 5.74) is 0.234. The standard InChI is InChI=1S/C11H22N2O2/c1-11(2,3)13-6-4-9(5-7-13)12-8-10(14)15/h9,12H,4-8H2,1-3H3,(H,14,15). The Morgan fingerprint density at radius 1 is 1.40 bits per heavy atom. The van der Waals surface area contributed by atoms with E-state index >= 15 is 0 Å². The highest BCUT2D eigenvalue weighted by Gasteiger charge is 2.26. The molecule has 1 aliphatic rings. The van der Waals surface area contributed by atoms with Crippen LogP contribution >= 0.6 is 0 Å². The van der Waals surface area contributed by atoms with Crippen molar-refractivity contribution in [3.05, 3.63) is 0 Å². The third-order valence-electron chi connectivity index (χ3n) is 2.99. The summed E-state index contributed by atoms with van der Waals surface area (Å²) in [5, 5.41) is 11.6. The lowest BCUT2D eigenvalue weighted by Crippen LogP contribution is -2.50. The van der Waals surface area contributed by atoms with Crippen molar-refractivity contribution in [2.24, 2.45) is 0 Å². The van der Waals surface area contributed by atoms with E-state index in [1.165, 1.54) is 0 Å². The molecule has 0 bridgehead atoms. The van der Waals surface area contributed by atoms with Gasteiger partial charge in [-0.15, -0.1) is 0 Å². The van der Waals surface area contributed by atoms with Crippen LogP contribution in [0.4, 0.5) is 0 Å². The van der Waals surface area contributed by atoms with Crippen molar-refractivity contribution in [3.8, 4) is 0 Å². The number of piperidine rings is 1. The topological polar surface area (TPSA) is 52.6 Å². The van der Waals surface area contributed by atoms with E-state index in [0.717, 1.165) is 25.9 Å². The minimum absolute atomic E-state index is 0.0835. The summed E-state index contributed by atoms with van der Waals surface area (Å²) in [4.78, 5) is 12.8. The number of nitrogens with zero attached hydrogens (tertiary/aromatic N) is 1. The number of aliphatic carboxylic acids is 1. The molecule has 4 nitrogen and oxygen atoms in total. The number of hydrogen-bond donors (Lipinski definition) is 2. The molecular weight excluding hydrogens is 192 g/mol. The molecule has 0 aromatic heterocycles. The molecule has 4 heteroatoms. The quantitative estimate of drug-likeness (QED) is 0.733. The van der Waals surface area contributed by atoms with Gasteiger partial charge in [-0.25, -0.2) is 0 Å². The van der Waals surface area contributed by atoms with Crippen LogP contribution < -0.4 is 5.32 Å². The molecule has 0 unspecified atom stereocenters. The normalized spacial score (nSPS) is 20.5. The summed E-state index contributed by atoms with van der Waals surface area (Å²) in [6.07, 6.45) is 2.09. The molecular formula is C11H22N2O2.